The molecule has 0 unspecified atom stereocenters. The van der Waals surface area contributed by atoms with Crippen molar-refractivity contribution in [3.05, 3.63) is 29.8 Å². The molecule has 0 aliphatic carbocycles. The van der Waals surface area contributed by atoms with Crippen molar-refractivity contribution in [3.63, 3.8) is 0 Å². The van der Waals surface area contributed by atoms with Crippen molar-refractivity contribution in [1.29, 1.82) is 0 Å². The quantitative estimate of drug-likeness (QED) is 0.674. The second-order valence-corrected chi connectivity index (χ2v) is 9.97. The van der Waals surface area contributed by atoms with Crippen LogP contribution in [0.3, 0.4) is 0 Å². The Hall–Kier alpha value is -1.04. The van der Waals surface area contributed by atoms with Gasteiger partial charge in [0.2, 0.25) is 0 Å². The van der Waals surface area contributed by atoms with Gasteiger partial charge in [-0.25, -0.2) is 0 Å². The van der Waals surface area contributed by atoms with E-state index in [2.05, 4.69) is 4.72 Å². The van der Waals surface area contributed by atoms with Crippen molar-refractivity contribution in [3.8, 4) is 0 Å². The Morgan fingerprint density at radius 3 is 2.38 bits per heavy atom. The topological polar surface area (TPSA) is 102 Å². The van der Waals surface area contributed by atoms with Gasteiger partial charge < -0.3 is 4.74 Å². The lowest BCUT2D eigenvalue weighted by atomic mass is 10.1. The lowest BCUT2D eigenvalue weighted by Crippen LogP contribution is -2.53. The Kier molecular flexibility index (Phi) is 6.00. The first kappa shape index (κ1) is 19.7. The molecule has 1 N–H and O–H groups in total. The number of rotatable bonds is 7. The van der Waals surface area contributed by atoms with E-state index in [0.717, 1.165) is 12.0 Å². The lowest BCUT2D eigenvalue weighted by molar-refractivity contribution is -0.0215. The number of benzene rings is 1. The summed E-state index contributed by atoms with van der Waals surface area (Å²) in [5.74, 6) is 0. The molecule has 1 aromatic rings. The molecule has 0 aromatic heterocycles. The Morgan fingerprint density at radius 2 is 1.85 bits per heavy atom. The predicted molar refractivity (Wildman–Crippen MR) is 95.3 cm³/mol. The Morgan fingerprint density at radius 1 is 1.15 bits per heavy atom. The zero-order chi connectivity index (χ0) is 18.8. The molecule has 0 saturated carbocycles. The molecular weight excluding hydrogens is 380 g/mol. The third-order valence-electron chi connectivity index (χ3n) is 4.56. The first-order valence-electron chi connectivity index (χ1n) is 8.61. The fourth-order valence-corrected chi connectivity index (χ4v) is 5.21. The average molecular weight is 405 g/mol. The fourth-order valence-electron chi connectivity index (χ4n) is 2.78. The van der Waals surface area contributed by atoms with E-state index in [4.69, 9.17) is 8.92 Å². The van der Waals surface area contributed by atoms with E-state index >= 15 is 0 Å². The van der Waals surface area contributed by atoms with E-state index in [-0.39, 0.29) is 30.3 Å². The van der Waals surface area contributed by atoms with Gasteiger partial charge >= 0.3 is 0 Å². The molecule has 8 nitrogen and oxygen atoms in total. The van der Waals surface area contributed by atoms with E-state index in [0.29, 0.717) is 25.9 Å². The molecule has 10 heteroatoms. The predicted octanol–water partition coefficient (Wildman–Crippen LogP) is 0.788. The summed E-state index contributed by atoms with van der Waals surface area (Å²) in [6, 6.07) is 6.13. The molecule has 2 aliphatic rings. The highest BCUT2D eigenvalue weighted by molar-refractivity contribution is 7.87. The minimum atomic E-state index is -3.82. The van der Waals surface area contributed by atoms with Crippen molar-refractivity contribution < 1.29 is 25.8 Å². The van der Waals surface area contributed by atoms with Crippen LogP contribution < -0.4 is 4.72 Å². The Bertz CT molecular complexity index is 811. The van der Waals surface area contributed by atoms with E-state index in [1.165, 1.54) is 16.4 Å². The maximum atomic E-state index is 12.2. The minimum Gasteiger partial charge on any atom is -0.374 e. The van der Waals surface area contributed by atoms with E-state index < -0.39 is 20.3 Å². The Balaban J connectivity index is 1.46. The van der Waals surface area contributed by atoms with Crippen LogP contribution in [0.25, 0.3) is 0 Å². The van der Waals surface area contributed by atoms with Crippen LogP contribution in [0.15, 0.2) is 29.2 Å². The van der Waals surface area contributed by atoms with Gasteiger partial charge in [-0.2, -0.15) is 25.9 Å². The lowest BCUT2D eigenvalue weighted by Gasteiger charge is -2.34. The number of hydrogen-bond acceptors (Lipinski definition) is 6. The number of aryl methyl sites for hydroxylation is 1. The van der Waals surface area contributed by atoms with Crippen LogP contribution in [0.2, 0.25) is 0 Å². The zero-order valence-electron chi connectivity index (χ0n) is 14.6. The number of nitrogens with zero attached hydrogens (tertiary/aromatic N) is 1. The van der Waals surface area contributed by atoms with Crippen molar-refractivity contribution >= 4 is 20.3 Å². The van der Waals surface area contributed by atoms with Crippen molar-refractivity contribution in [1.82, 2.24) is 9.03 Å². The molecule has 2 fully saturated rings. The molecule has 0 radical (unpaired) electrons. The van der Waals surface area contributed by atoms with Gasteiger partial charge in [0.05, 0.1) is 24.2 Å². The van der Waals surface area contributed by atoms with Crippen LogP contribution >= 0.6 is 0 Å². The standard InChI is InChI=1S/C16H24N2O6S2/c1-13-3-7-16(8-4-13)25(19,20)24-12-15-6-5-14(11-23-15)17-26(21,22)18-9-2-10-18/h3-4,7-8,14-15,17H,2,5-6,9-12H2,1H3/t14-,15+/m1/s1. The van der Waals surface area contributed by atoms with Gasteiger partial charge in [-0.05, 0) is 38.3 Å². The maximum absolute atomic E-state index is 12.2. The highest BCUT2D eigenvalue weighted by Crippen LogP contribution is 2.19. The largest absolute Gasteiger partial charge is 0.374 e. The summed E-state index contributed by atoms with van der Waals surface area (Å²) in [4.78, 5) is 0.110. The van der Waals surface area contributed by atoms with Gasteiger partial charge in [0.1, 0.15) is 0 Å². The number of ether oxygens (including phenoxy) is 1. The molecular formula is C16H24N2O6S2. The van der Waals surface area contributed by atoms with Gasteiger partial charge in [-0.3, -0.25) is 4.18 Å². The van der Waals surface area contributed by atoms with Crippen LogP contribution in [0.1, 0.15) is 24.8 Å². The monoisotopic (exact) mass is 404 g/mol. The van der Waals surface area contributed by atoms with Gasteiger partial charge in [0, 0.05) is 19.1 Å². The smallest absolute Gasteiger partial charge is 0.297 e. The van der Waals surface area contributed by atoms with E-state index in [1.54, 1.807) is 12.1 Å². The van der Waals surface area contributed by atoms with Crippen molar-refractivity contribution in [2.45, 2.75) is 43.2 Å². The molecule has 26 heavy (non-hydrogen) atoms. The average Bonchev–Trinajstić information content (AvgIpc) is 2.52. The van der Waals surface area contributed by atoms with Gasteiger partial charge in [0.15, 0.2) is 0 Å². The summed E-state index contributed by atoms with van der Waals surface area (Å²) in [5.41, 5.74) is 0.964. The van der Waals surface area contributed by atoms with E-state index in [9.17, 15) is 16.8 Å². The van der Waals surface area contributed by atoms with Crippen molar-refractivity contribution in [2.24, 2.45) is 0 Å². The summed E-state index contributed by atoms with van der Waals surface area (Å²) in [7, 11) is -7.26. The Labute approximate surface area is 154 Å². The van der Waals surface area contributed by atoms with Crippen molar-refractivity contribution in [2.75, 3.05) is 26.3 Å². The highest BCUT2D eigenvalue weighted by atomic mass is 32.2. The molecule has 0 bridgehead atoms. The summed E-state index contributed by atoms with van der Waals surface area (Å²) < 4.78 is 63.2. The maximum Gasteiger partial charge on any atom is 0.297 e. The summed E-state index contributed by atoms with van der Waals surface area (Å²) >= 11 is 0. The molecule has 0 spiro atoms. The van der Waals surface area contributed by atoms with Gasteiger partial charge in [-0.1, -0.05) is 17.7 Å². The molecule has 2 atom stereocenters. The van der Waals surface area contributed by atoms with Crippen LogP contribution in [-0.2, 0) is 29.2 Å². The summed E-state index contributed by atoms with van der Waals surface area (Å²) in [5, 5.41) is 0. The normalized spacial score (nSPS) is 25.0. The minimum absolute atomic E-state index is 0.0815. The first-order chi connectivity index (χ1) is 12.3. The molecule has 146 valence electrons. The molecule has 3 rings (SSSR count). The highest BCUT2D eigenvalue weighted by Gasteiger charge is 2.32. The zero-order valence-corrected chi connectivity index (χ0v) is 16.3. The SMILES string of the molecule is Cc1ccc(S(=O)(=O)OC[C@@H]2CC[C@@H](NS(=O)(=O)N3CCC3)CO2)cc1. The van der Waals surface area contributed by atoms with Gasteiger partial charge in [-0.15, -0.1) is 0 Å². The second-order valence-electron chi connectivity index (χ2n) is 6.66. The second kappa shape index (κ2) is 7.91. The third kappa shape index (κ3) is 4.81. The molecule has 1 aromatic carbocycles. The fraction of sp³-hybridized carbons (Fsp3) is 0.625. The molecule has 2 heterocycles. The molecule has 0 amide bonds. The molecule has 2 saturated heterocycles. The summed E-state index contributed by atoms with van der Waals surface area (Å²) in [6.07, 6.45) is 1.61. The first-order valence-corrected chi connectivity index (χ1v) is 11.5. The van der Waals surface area contributed by atoms with Crippen LogP contribution in [0.4, 0.5) is 0 Å². The van der Waals surface area contributed by atoms with Crippen LogP contribution in [0.5, 0.6) is 0 Å². The third-order valence-corrected chi connectivity index (χ3v) is 7.53. The van der Waals surface area contributed by atoms with Crippen LogP contribution in [0, 0.1) is 6.92 Å². The molecule has 2 aliphatic heterocycles. The van der Waals surface area contributed by atoms with Crippen LogP contribution in [-0.4, -0.2) is 59.6 Å². The number of nitrogens with one attached hydrogen (secondary N) is 1. The summed E-state index contributed by atoms with van der Waals surface area (Å²) in [6.45, 7) is 3.10. The number of hydrogen-bond donors (Lipinski definition) is 1. The van der Waals surface area contributed by atoms with E-state index in [1.807, 2.05) is 6.92 Å². The van der Waals surface area contributed by atoms with Gasteiger partial charge in [0.25, 0.3) is 20.3 Å².